The molecule has 0 fully saturated rings. The lowest BCUT2D eigenvalue weighted by Gasteiger charge is -2.19. The van der Waals surface area contributed by atoms with E-state index >= 15 is 0 Å². The summed E-state index contributed by atoms with van der Waals surface area (Å²) in [6.45, 7) is 3.88. The predicted octanol–water partition coefficient (Wildman–Crippen LogP) is 2.36. The van der Waals surface area contributed by atoms with E-state index in [2.05, 4.69) is 24.0 Å². The molecule has 2 rings (SSSR count). The van der Waals surface area contributed by atoms with Gasteiger partial charge in [-0.3, -0.25) is 0 Å². The van der Waals surface area contributed by atoms with Crippen LogP contribution in [0.25, 0.3) is 10.9 Å². The van der Waals surface area contributed by atoms with Crippen molar-refractivity contribution in [2.45, 2.75) is 38.9 Å². The molecule has 1 heterocycles. The number of aryl methyl sites for hydroxylation is 1. The van der Waals surface area contributed by atoms with Crippen molar-refractivity contribution in [2.75, 3.05) is 0 Å². The molecule has 0 aliphatic heterocycles. The van der Waals surface area contributed by atoms with Crippen molar-refractivity contribution >= 4 is 10.9 Å². The Morgan fingerprint density at radius 3 is 2.65 bits per heavy atom. The monoisotopic (exact) mass is 233 g/mol. The molecule has 0 spiro atoms. The number of aromatic nitrogens is 1. The SMILES string of the molecule is CCc1ccc2[nH]cc(CC(O)(O)CC)c2c1. The van der Waals surface area contributed by atoms with Crippen molar-refractivity contribution in [3.8, 4) is 0 Å². The number of aromatic amines is 1. The Hall–Kier alpha value is -1.32. The van der Waals surface area contributed by atoms with E-state index in [1.807, 2.05) is 12.3 Å². The first-order chi connectivity index (χ1) is 8.05. The number of fused-ring (bicyclic) bond motifs is 1. The molecule has 0 saturated carbocycles. The Bertz CT molecular complexity index is 514. The highest BCUT2D eigenvalue weighted by atomic mass is 16.5. The molecule has 0 radical (unpaired) electrons. The van der Waals surface area contributed by atoms with Crippen molar-refractivity contribution in [1.82, 2.24) is 4.98 Å². The number of aliphatic hydroxyl groups is 2. The molecule has 17 heavy (non-hydrogen) atoms. The third-order valence-electron chi connectivity index (χ3n) is 3.28. The van der Waals surface area contributed by atoms with Crippen molar-refractivity contribution < 1.29 is 10.2 Å². The van der Waals surface area contributed by atoms with Gasteiger partial charge in [0.25, 0.3) is 0 Å². The number of nitrogens with one attached hydrogen (secondary N) is 1. The second kappa shape index (κ2) is 4.51. The van der Waals surface area contributed by atoms with Gasteiger partial charge in [0.2, 0.25) is 0 Å². The van der Waals surface area contributed by atoms with Crippen LogP contribution < -0.4 is 0 Å². The first kappa shape index (κ1) is 12.1. The molecule has 0 atom stereocenters. The molecule has 2 aromatic rings. The fourth-order valence-electron chi connectivity index (χ4n) is 2.02. The first-order valence-electron chi connectivity index (χ1n) is 6.09. The lowest BCUT2D eigenvalue weighted by atomic mass is 10.0. The molecule has 0 amide bonds. The largest absolute Gasteiger partial charge is 0.365 e. The average molecular weight is 233 g/mol. The van der Waals surface area contributed by atoms with Gasteiger partial charge in [0.15, 0.2) is 5.79 Å². The molecule has 0 unspecified atom stereocenters. The summed E-state index contributed by atoms with van der Waals surface area (Å²) in [6, 6.07) is 6.25. The molecule has 1 aromatic heterocycles. The standard InChI is InChI=1S/C14H19NO2/c1-3-10-5-6-13-12(7-10)11(9-15-13)8-14(16,17)4-2/h5-7,9,15-17H,3-4,8H2,1-2H3. The van der Waals surface area contributed by atoms with Gasteiger partial charge < -0.3 is 15.2 Å². The van der Waals surface area contributed by atoms with Crippen LogP contribution in [0.15, 0.2) is 24.4 Å². The van der Waals surface area contributed by atoms with Gasteiger partial charge in [-0.25, -0.2) is 0 Å². The number of hydrogen-bond donors (Lipinski definition) is 3. The summed E-state index contributed by atoms with van der Waals surface area (Å²) >= 11 is 0. The fraction of sp³-hybridized carbons (Fsp3) is 0.429. The van der Waals surface area contributed by atoms with Crippen LogP contribution in [0.3, 0.4) is 0 Å². The van der Waals surface area contributed by atoms with Crippen molar-refractivity contribution in [3.63, 3.8) is 0 Å². The summed E-state index contributed by atoms with van der Waals surface area (Å²) in [7, 11) is 0. The van der Waals surface area contributed by atoms with Crippen LogP contribution in [0, 0.1) is 0 Å². The van der Waals surface area contributed by atoms with Crippen LogP contribution in [0.4, 0.5) is 0 Å². The molecular formula is C14H19NO2. The zero-order valence-electron chi connectivity index (χ0n) is 10.3. The number of rotatable bonds is 4. The normalized spacial score (nSPS) is 12.2. The van der Waals surface area contributed by atoms with Crippen LogP contribution >= 0.6 is 0 Å². The van der Waals surface area contributed by atoms with Gasteiger partial charge in [-0.1, -0.05) is 19.9 Å². The maximum absolute atomic E-state index is 9.72. The predicted molar refractivity (Wildman–Crippen MR) is 68.8 cm³/mol. The van der Waals surface area contributed by atoms with Gasteiger partial charge in [0.05, 0.1) is 0 Å². The van der Waals surface area contributed by atoms with Gasteiger partial charge in [0.1, 0.15) is 0 Å². The van der Waals surface area contributed by atoms with Gasteiger partial charge in [-0.15, -0.1) is 0 Å². The lowest BCUT2D eigenvalue weighted by molar-refractivity contribution is -0.160. The molecular weight excluding hydrogens is 214 g/mol. The van der Waals surface area contributed by atoms with Gasteiger partial charge >= 0.3 is 0 Å². The maximum Gasteiger partial charge on any atom is 0.166 e. The molecule has 0 aliphatic rings. The Kier molecular flexibility index (Phi) is 3.22. The van der Waals surface area contributed by atoms with Crippen LogP contribution in [0.2, 0.25) is 0 Å². The zero-order chi connectivity index (χ0) is 12.5. The van der Waals surface area contributed by atoms with Crippen LogP contribution in [-0.2, 0) is 12.8 Å². The molecule has 1 aromatic carbocycles. The molecule has 3 N–H and O–H groups in total. The van der Waals surface area contributed by atoms with E-state index in [1.54, 1.807) is 6.92 Å². The minimum absolute atomic E-state index is 0.261. The quantitative estimate of drug-likeness (QED) is 0.710. The van der Waals surface area contributed by atoms with E-state index in [-0.39, 0.29) is 6.42 Å². The summed E-state index contributed by atoms with van der Waals surface area (Å²) in [6.07, 6.45) is 3.43. The fourth-order valence-corrected chi connectivity index (χ4v) is 2.02. The Morgan fingerprint density at radius 2 is 2.00 bits per heavy atom. The van der Waals surface area contributed by atoms with E-state index in [9.17, 15) is 10.2 Å². The summed E-state index contributed by atoms with van der Waals surface area (Å²) in [5, 5.41) is 20.5. The summed E-state index contributed by atoms with van der Waals surface area (Å²) < 4.78 is 0. The van der Waals surface area contributed by atoms with Crippen LogP contribution in [0.5, 0.6) is 0 Å². The van der Waals surface area contributed by atoms with Gasteiger partial charge in [0, 0.05) is 23.5 Å². The molecule has 3 nitrogen and oxygen atoms in total. The van der Waals surface area contributed by atoms with E-state index in [4.69, 9.17) is 0 Å². The third-order valence-corrected chi connectivity index (χ3v) is 3.28. The highest BCUT2D eigenvalue weighted by Gasteiger charge is 2.22. The average Bonchev–Trinajstić information content (AvgIpc) is 2.71. The van der Waals surface area contributed by atoms with E-state index in [1.165, 1.54) is 5.56 Å². The molecule has 0 bridgehead atoms. The Balaban J connectivity index is 2.41. The molecule has 0 aliphatic carbocycles. The first-order valence-corrected chi connectivity index (χ1v) is 6.09. The van der Waals surface area contributed by atoms with E-state index in [0.29, 0.717) is 6.42 Å². The van der Waals surface area contributed by atoms with Crippen LogP contribution in [-0.4, -0.2) is 21.0 Å². The Morgan fingerprint density at radius 1 is 1.24 bits per heavy atom. The third kappa shape index (κ3) is 2.51. The van der Waals surface area contributed by atoms with Gasteiger partial charge in [-0.05, 0) is 36.1 Å². The van der Waals surface area contributed by atoms with Crippen molar-refractivity contribution in [1.29, 1.82) is 0 Å². The smallest absolute Gasteiger partial charge is 0.166 e. The van der Waals surface area contributed by atoms with Crippen molar-refractivity contribution in [3.05, 3.63) is 35.5 Å². The van der Waals surface area contributed by atoms with Gasteiger partial charge in [-0.2, -0.15) is 0 Å². The lowest BCUT2D eigenvalue weighted by Crippen LogP contribution is -2.29. The number of benzene rings is 1. The van der Waals surface area contributed by atoms with Crippen molar-refractivity contribution in [2.24, 2.45) is 0 Å². The number of H-pyrrole nitrogens is 1. The zero-order valence-corrected chi connectivity index (χ0v) is 10.3. The summed E-state index contributed by atoms with van der Waals surface area (Å²) in [4.78, 5) is 3.16. The topological polar surface area (TPSA) is 56.2 Å². The Labute approximate surface area is 101 Å². The maximum atomic E-state index is 9.72. The summed E-state index contributed by atoms with van der Waals surface area (Å²) in [5.74, 6) is -1.61. The number of hydrogen-bond acceptors (Lipinski definition) is 2. The highest BCUT2D eigenvalue weighted by molar-refractivity contribution is 5.84. The molecule has 3 heteroatoms. The highest BCUT2D eigenvalue weighted by Crippen LogP contribution is 2.24. The minimum atomic E-state index is -1.61. The second-order valence-electron chi connectivity index (χ2n) is 4.56. The molecule has 92 valence electrons. The summed E-state index contributed by atoms with van der Waals surface area (Å²) in [5.41, 5.74) is 3.27. The second-order valence-corrected chi connectivity index (χ2v) is 4.56. The van der Waals surface area contributed by atoms with E-state index < -0.39 is 5.79 Å². The molecule has 0 saturated heterocycles. The van der Waals surface area contributed by atoms with E-state index in [0.717, 1.165) is 22.9 Å². The van der Waals surface area contributed by atoms with Crippen LogP contribution in [0.1, 0.15) is 31.4 Å². The minimum Gasteiger partial charge on any atom is -0.365 e.